The third-order valence-corrected chi connectivity index (χ3v) is 5.44. The summed E-state index contributed by atoms with van der Waals surface area (Å²) in [7, 11) is -3.73. The van der Waals surface area contributed by atoms with Gasteiger partial charge in [-0.05, 0) is 36.5 Å². The predicted molar refractivity (Wildman–Crippen MR) is 75.7 cm³/mol. The number of benzene rings is 1. The minimum atomic E-state index is -3.73. The number of nitrogens with two attached hydrogens (primary N) is 1. The third kappa shape index (κ3) is 3.15. The van der Waals surface area contributed by atoms with Gasteiger partial charge in [-0.2, -0.15) is 0 Å². The Balaban J connectivity index is 3.47. The minimum Gasteiger partial charge on any atom is -0.369 e. The number of aryl methyl sites for hydroxylation is 1. The monoisotopic (exact) mass is 283 g/mol. The summed E-state index contributed by atoms with van der Waals surface area (Å²) in [5.41, 5.74) is 6.49. The fourth-order valence-electron chi connectivity index (χ4n) is 1.72. The van der Waals surface area contributed by atoms with Crippen LogP contribution in [0.5, 0.6) is 0 Å². The van der Waals surface area contributed by atoms with Crippen LogP contribution < -0.4 is 5.73 Å². The molecule has 0 heterocycles. The summed E-state index contributed by atoms with van der Waals surface area (Å²) in [6.45, 7) is 9.05. The lowest BCUT2D eigenvalue weighted by atomic mass is 9.87. The molecule has 0 saturated heterocycles. The maximum atomic E-state index is 12.4. The van der Waals surface area contributed by atoms with E-state index < -0.39 is 21.0 Å². The lowest BCUT2D eigenvalue weighted by molar-refractivity contribution is -0.117. The molecule has 0 radical (unpaired) electrons. The van der Waals surface area contributed by atoms with E-state index in [-0.39, 0.29) is 10.3 Å². The van der Waals surface area contributed by atoms with Crippen molar-refractivity contribution in [1.29, 1.82) is 0 Å². The summed E-state index contributed by atoms with van der Waals surface area (Å²) < 4.78 is 24.7. The number of hydrogen-bond acceptors (Lipinski definition) is 3. The second-order valence-corrected chi connectivity index (χ2v) is 8.06. The van der Waals surface area contributed by atoms with Crippen LogP contribution in [0.2, 0.25) is 0 Å². The molecule has 0 unspecified atom stereocenters. The topological polar surface area (TPSA) is 77.2 Å². The summed E-state index contributed by atoms with van der Waals surface area (Å²) in [4.78, 5) is 11.3. The normalized spacial score (nSPS) is 14.2. The molecule has 0 spiro atoms. The predicted octanol–water partition coefficient (Wildman–Crippen LogP) is 1.94. The minimum absolute atomic E-state index is 0.159. The number of primary amides is 1. The van der Waals surface area contributed by atoms with Crippen molar-refractivity contribution in [3.63, 3.8) is 0 Å². The molecule has 1 aromatic carbocycles. The molecular weight excluding hydrogens is 262 g/mol. The molecule has 0 aliphatic carbocycles. The molecule has 4 nitrogen and oxygen atoms in total. The molecule has 0 aliphatic rings. The highest BCUT2D eigenvalue weighted by molar-refractivity contribution is 7.92. The molecule has 1 aromatic rings. The number of hydrogen-bond donors (Lipinski definition) is 1. The van der Waals surface area contributed by atoms with Crippen molar-refractivity contribution in [2.45, 2.75) is 50.2 Å². The Hall–Kier alpha value is -1.36. The van der Waals surface area contributed by atoms with Crippen molar-refractivity contribution in [2.75, 3.05) is 0 Å². The van der Waals surface area contributed by atoms with Crippen LogP contribution in [0.1, 0.15) is 38.8 Å². The van der Waals surface area contributed by atoms with E-state index in [0.717, 1.165) is 5.56 Å². The fraction of sp³-hybridized carbons (Fsp3) is 0.500. The molecular formula is C14H21NO3S. The molecule has 106 valence electrons. The lowest BCUT2D eigenvalue weighted by Gasteiger charge is -2.21. The van der Waals surface area contributed by atoms with Gasteiger partial charge in [0.1, 0.15) is 5.25 Å². The molecule has 0 fully saturated rings. The summed E-state index contributed by atoms with van der Waals surface area (Å²) in [5.74, 6) is -0.833. The second-order valence-electron chi connectivity index (χ2n) is 5.82. The van der Waals surface area contributed by atoms with Crippen LogP contribution in [0.3, 0.4) is 0 Å². The summed E-state index contributed by atoms with van der Waals surface area (Å²) >= 11 is 0. The zero-order chi connectivity index (χ0) is 15.0. The van der Waals surface area contributed by atoms with E-state index in [4.69, 9.17) is 5.73 Å². The van der Waals surface area contributed by atoms with Crippen molar-refractivity contribution in [1.82, 2.24) is 0 Å². The van der Waals surface area contributed by atoms with E-state index in [1.807, 2.05) is 26.8 Å². The van der Waals surface area contributed by atoms with Crippen molar-refractivity contribution in [3.05, 3.63) is 29.3 Å². The fourth-order valence-corrected chi connectivity index (χ4v) is 3.21. The second kappa shape index (κ2) is 4.96. The van der Waals surface area contributed by atoms with Crippen molar-refractivity contribution in [2.24, 2.45) is 5.73 Å². The average Bonchev–Trinajstić information content (AvgIpc) is 2.26. The highest BCUT2D eigenvalue weighted by atomic mass is 32.2. The molecule has 0 bridgehead atoms. The van der Waals surface area contributed by atoms with Crippen LogP contribution >= 0.6 is 0 Å². The first-order chi connectivity index (χ1) is 8.48. The highest BCUT2D eigenvalue weighted by Gasteiger charge is 2.30. The summed E-state index contributed by atoms with van der Waals surface area (Å²) in [6, 6.07) is 5.31. The quantitative estimate of drug-likeness (QED) is 0.921. The number of carbonyl (C=O) groups excluding carboxylic acids is 1. The smallest absolute Gasteiger partial charge is 0.235 e. The van der Waals surface area contributed by atoms with Gasteiger partial charge in [-0.25, -0.2) is 8.42 Å². The maximum Gasteiger partial charge on any atom is 0.235 e. The first-order valence-corrected chi connectivity index (χ1v) is 7.67. The lowest BCUT2D eigenvalue weighted by Crippen LogP contribution is -2.33. The van der Waals surface area contributed by atoms with Crippen LogP contribution in [-0.4, -0.2) is 19.6 Å². The Morgan fingerprint density at radius 2 is 1.79 bits per heavy atom. The van der Waals surface area contributed by atoms with E-state index in [9.17, 15) is 13.2 Å². The van der Waals surface area contributed by atoms with Gasteiger partial charge in [0.15, 0.2) is 9.84 Å². The Morgan fingerprint density at radius 1 is 1.26 bits per heavy atom. The van der Waals surface area contributed by atoms with Crippen LogP contribution in [-0.2, 0) is 20.0 Å². The number of sulfone groups is 1. The van der Waals surface area contributed by atoms with Crippen molar-refractivity contribution >= 4 is 15.7 Å². The zero-order valence-corrected chi connectivity index (χ0v) is 12.8. The number of rotatable bonds is 3. The van der Waals surface area contributed by atoms with Crippen LogP contribution in [0.4, 0.5) is 0 Å². The van der Waals surface area contributed by atoms with Gasteiger partial charge >= 0.3 is 0 Å². The van der Waals surface area contributed by atoms with Gasteiger partial charge in [0.05, 0.1) is 4.90 Å². The molecule has 0 aliphatic heterocycles. The van der Waals surface area contributed by atoms with Gasteiger partial charge < -0.3 is 5.73 Å². The number of amides is 1. The molecule has 1 atom stereocenters. The Labute approximate surface area is 114 Å². The molecule has 5 heteroatoms. The first kappa shape index (κ1) is 15.7. The van der Waals surface area contributed by atoms with E-state index >= 15 is 0 Å². The standard InChI is InChI=1S/C14H21NO3S/c1-9-6-7-11(14(3,4)5)8-12(9)19(17,18)10(2)13(15)16/h6-8,10H,1-5H3,(H2,15,16)/t10-/m1/s1. The Bertz CT molecular complexity index is 598. The maximum absolute atomic E-state index is 12.4. The molecule has 1 rings (SSSR count). The molecule has 0 saturated carbocycles. The van der Waals surface area contributed by atoms with Gasteiger partial charge in [0.2, 0.25) is 5.91 Å². The SMILES string of the molecule is Cc1ccc(C(C)(C)C)cc1S(=O)(=O)[C@H](C)C(N)=O. The van der Waals surface area contributed by atoms with Gasteiger partial charge in [0.25, 0.3) is 0 Å². The zero-order valence-electron chi connectivity index (χ0n) is 12.0. The summed E-state index contributed by atoms with van der Waals surface area (Å²) in [5, 5.41) is -1.22. The largest absolute Gasteiger partial charge is 0.369 e. The van der Waals surface area contributed by atoms with Crippen LogP contribution in [0, 0.1) is 6.92 Å². The third-order valence-electron chi connectivity index (χ3n) is 3.23. The average molecular weight is 283 g/mol. The molecule has 0 aromatic heterocycles. The van der Waals surface area contributed by atoms with Crippen LogP contribution in [0.25, 0.3) is 0 Å². The van der Waals surface area contributed by atoms with Gasteiger partial charge in [0, 0.05) is 0 Å². The van der Waals surface area contributed by atoms with Gasteiger partial charge in [-0.15, -0.1) is 0 Å². The van der Waals surface area contributed by atoms with Gasteiger partial charge in [-0.3, -0.25) is 4.79 Å². The van der Waals surface area contributed by atoms with Gasteiger partial charge in [-0.1, -0.05) is 32.9 Å². The first-order valence-electron chi connectivity index (χ1n) is 6.12. The molecule has 1 amide bonds. The van der Waals surface area contributed by atoms with E-state index in [0.29, 0.717) is 5.56 Å². The Kier molecular flexibility index (Phi) is 4.10. The van der Waals surface area contributed by atoms with Crippen molar-refractivity contribution in [3.8, 4) is 0 Å². The molecule has 2 N–H and O–H groups in total. The van der Waals surface area contributed by atoms with Crippen molar-refractivity contribution < 1.29 is 13.2 Å². The summed E-state index contributed by atoms with van der Waals surface area (Å²) in [6.07, 6.45) is 0. The van der Waals surface area contributed by atoms with Crippen LogP contribution in [0.15, 0.2) is 23.1 Å². The molecule has 19 heavy (non-hydrogen) atoms. The van der Waals surface area contributed by atoms with E-state index in [1.54, 1.807) is 19.1 Å². The van der Waals surface area contributed by atoms with E-state index in [2.05, 4.69) is 0 Å². The van der Waals surface area contributed by atoms with E-state index in [1.165, 1.54) is 6.92 Å². The number of carbonyl (C=O) groups is 1. The highest BCUT2D eigenvalue weighted by Crippen LogP contribution is 2.28. The Morgan fingerprint density at radius 3 is 2.21 bits per heavy atom.